The highest BCUT2D eigenvalue weighted by molar-refractivity contribution is 8.01. The molecule has 4 nitrogen and oxygen atoms in total. The van der Waals surface area contributed by atoms with Gasteiger partial charge in [-0.2, -0.15) is 0 Å². The van der Waals surface area contributed by atoms with Crippen LogP contribution < -0.4 is 5.32 Å². The van der Waals surface area contributed by atoms with Crippen molar-refractivity contribution in [2.24, 2.45) is 23.2 Å². The van der Waals surface area contributed by atoms with Crippen molar-refractivity contribution in [3.63, 3.8) is 0 Å². The number of hydrogen-bond acceptors (Lipinski definition) is 6. The summed E-state index contributed by atoms with van der Waals surface area (Å²) in [5.74, 6) is 3.49. The summed E-state index contributed by atoms with van der Waals surface area (Å²) in [5, 5.41) is 12.6. The van der Waals surface area contributed by atoms with Gasteiger partial charge in [0.25, 0.3) is 0 Å². The fraction of sp³-hybridized carbons (Fsp3) is 0.571. The Balaban J connectivity index is 1.16. The lowest BCUT2D eigenvalue weighted by Gasteiger charge is -2.56. The van der Waals surface area contributed by atoms with Crippen LogP contribution in [-0.4, -0.2) is 21.7 Å². The molecule has 0 unspecified atom stereocenters. The molecular formula is C21H25N3OS2. The van der Waals surface area contributed by atoms with E-state index in [4.69, 9.17) is 0 Å². The molecule has 142 valence electrons. The molecule has 6 heteroatoms. The van der Waals surface area contributed by atoms with E-state index in [0.29, 0.717) is 11.5 Å². The number of anilines is 1. The second-order valence-corrected chi connectivity index (χ2v) is 10.8. The lowest BCUT2D eigenvalue weighted by Crippen LogP contribution is -2.50. The predicted molar refractivity (Wildman–Crippen MR) is 110 cm³/mol. The van der Waals surface area contributed by atoms with Crippen molar-refractivity contribution in [1.29, 1.82) is 0 Å². The highest BCUT2D eigenvalue weighted by atomic mass is 32.2. The SMILES string of the molecule is O=C(CSc1nnc(NCc2ccccc2)s1)C12CC3CC(CC(C3)C1)C2. The second-order valence-electron chi connectivity index (χ2n) is 8.62. The smallest absolute Gasteiger partial charge is 0.206 e. The molecule has 0 radical (unpaired) electrons. The summed E-state index contributed by atoms with van der Waals surface area (Å²) < 4.78 is 0.892. The first kappa shape index (κ1) is 17.7. The van der Waals surface area contributed by atoms with Crippen molar-refractivity contribution in [1.82, 2.24) is 10.2 Å². The van der Waals surface area contributed by atoms with Crippen molar-refractivity contribution < 1.29 is 4.79 Å². The number of carbonyl (C=O) groups excluding carboxylic acids is 1. The summed E-state index contributed by atoms with van der Waals surface area (Å²) in [7, 11) is 0. The molecule has 4 aliphatic rings. The van der Waals surface area contributed by atoms with Gasteiger partial charge in [0.05, 0.1) is 5.75 Å². The van der Waals surface area contributed by atoms with Crippen molar-refractivity contribution in [3.05, 3.63) is 35.9 Å². The Bertz CT molecular complexity index is 785. The Morgan fingerprint density at radius 1 is 1.07 bits per heavy atom. The van der Waals surface area contributed by atoms with Crippen LogP contribution in [0.4, 0.5) is 5.13 Å². The number of Topliss-reactive ketones (excluding diaryl/α,β-unsaturated/α-hetero) is 1. The van der Waals surface area contributed by atoms with Crippen LogP contribution in [0.2, 0.25) is 0 Å². The topological polar surface area (TPSA) is 54.9 Å². The third kappa shape index (κ3) is 3.66. The number of hydrogen-bond donors (Lipinski definition) is 1. The van der Waals surface area contributed by atoms with Crippen molar-refractivity contribution in [2.75, 3.05) is 11.1 Å². The molecule has 4 aliphatic carbocycles. The normalized spacial score (nSPS) is 31.2. The average molecular weight is 400 g/mol. The molecule has 0 amide bonds. The lowest BCUT2D eigenvalue weighted by molar-refractivity contribution is -0.141. The number of nitrogens with one attached hydrogen (secondary N) is 1. The largest absolute Gasteiger partial charge is 0.356 e. The van der Waals surface area contributed by atoms with E-state index in [9.17, 15) is 4.79 Å². The monoisotopic (exact) mass is 399 g/mol. The second kappa shape index (κ2) is 7.21. The molecule has 0 atom stereocenters. The molecule has 0 aliphatic heterocycles. The van der Waals surface area contributed by atoms with Crippen LogP contribution in [-0.2, 0) is 11.3 Å². The molecule has 4 fully saturated rings. The van der Waals surface area contributed by atoms with Gasteiger partial charge < -0.3 is 5.32 Å². The van der Waals surface area contributed by atoms with Crippen LogP contribution >= 0.6 is 23.1 Å². The predicted octanol–water partition coefficient (Wildman–Crippen LogP) is 5.03. The summed E-state index contributed by atoms with van der Waals surface area (Å²) in [6, 6.07) is 10.3. The van der Waals surface area contributed by atoms with Gasteiger partial charge in [0, 0.05) is 12.0 Å². The number of rotatable bonds is 7. The molecule has 4 bridgehead atoms. The van der Waals surface area contributed by atoms with Crippen LogP contribution in [0.5, 0.6) is 0 Å². The Hall–Kier alpha value is -1.40. The summed E-state index contributed by atoms with van der Waals surface area (Å²) >= 11 is 3.12. The van der Waals surface area contributed by atoms with Gasteiger partial charge in [0.1, 0.15) is 5.78 Å². The maximum Gasteiger partial charge on any atom is 0.206 e. The van der Waals surface area contributed by atoms with Crippen LogP contribution in [0.25, 0.3) is 0 Å². The van der Waals surface area contributed by atoms with Gasteiger partial charge in [-0.25, -0.2) is 0 Å². The molecule has 2 aromatic rings. The van der Waals surface area contributed by atoms with Gasteiger partial charge in [0.2, 0.25) is 5.13 Å². The minimum Gasteiger partial charge on any atom is -0.356 e. The number of carbonyl (C=O) groups is 1. The zero-order valence-corrected chi connectivity index (χ0v) is 17.0. The minimum absolute atomic E-state index is 0.000821. The first-order valence-corrected chi connectivity index (χ1v) is 11.8. The highest BCUT2D eigenvalue weighted by Crippen LogP contribution is 2.60. The third-order valence-corrected chi connectivity index (χ3v) is 8.66. The van der Waals surface area contributed by atoms with Gasteiger partial charge >= 0.3 is 0 Å². The highest BCUT2D eigenvalue weighted by Gasteiger charge is 2.54. The molecule has 27 heavy (non-hydrogen) atoms. The van der Waals surface area contributed by atoms with E-state index in [-0.39, 0.29) is 5.41 Å². The Kier molecular flexibility index (Phi) is 4.72. The molecule has 1 aromatic heterocycles. The average Bonchev–Trinajstić information content (AvgIpc) is 3.12. The number of benzene rings is 1. The molecule has 0 saturated heterocycles. The quantitative estimate of drug-likeness (QED) is 0.662. The summed E-state index contributed by atoms with van der Waals surface area (Å²) in [6.45, 7) is 0.742. The number of ketones is 1. The van der Waals surface area contributed by atoms with Gasteiger partial charge in [0.15, 0.2) is 4.34 Å². The number of aromatic nitrogens is 2. The molecule has 6 rings (SSSR count). The lowest BCUT2D eigenvalue weighted by atomic mass is 9.48. The zero-order chi connectivity index (χ0) is 18.3. The van der Waals surface area contributed by atoms with E-state index in [1.807, 2.05) is 18.2 Å². The van der Waals surface area contributed by atoms with Crippen molar-refractivity contribution >= 4 is 34.0 Å². The van der Waals surface area contributed by atoms with Gasteiger partial charge in [-0.05, 0) is 61.8 Å². The van der Waals surface area contributed by atoms with E-state index in [1.165, 1.54) is 24.8 Å². The maximum atomic E-state index is 13.1. The van der Waals surface area contributed by atoms with Gasteiger partial charge in [-0.3, -0.25) is 4.79 Å². The van der Waals surface area contributed by atoms with Crippen LogP contribution in [0.3, 0.4) is 0 Å². The molecule has 1 heterocycles. The first-order valence-electron chi connectivity index (χ1n) is 9.96. The molecule has 4 saturated carbocycles. The van der Waals surface area contributed by atoms with E-state index >= 15 is 0 Å². The fourth-order valence-corrected chi connectivity index (χ4v) is 7.63. The summed E-state index contributed by atoms with van der Waals surface area (Å²) in [5.41, 5.74) is 1.22. The van der Waals surface area contributed by atoms with E-state index in [1.54, 1.807) is 23.1 Å². The van der Waals surface area contributed by atoms with Gasteiger partial charge in [-0.15, -0.1) is 10.2 Å². The maximum absolute atomic E-state index is 13.1. The Labute approximate surface area is 168 Å². The third-order valence-electron chi connectivity index (χ3n) is 6.65. The fourth-order valence-electron chi connectivity index (χ4n) is 5.85. The van der Waals surface area contributed by atoms with E-state index < -0.39 is 0 Å². The zero-order valence-electron chi connectivity index (χ0n) is 15.4. The van der Waals surface area contributed by atoms with Crippen molar-refractivity contribution in [2.45, 2.75) is 49.4 Å². The molecular weight excluding hydrogens is 374 g/mol. The molecule has 1 aromatic carbocycles. The summed E-state index contributed by atoms with van der Waals surface area (Å²) in [6.07, 6.45) is 7.60. The first-order chi connectivity index (χ1) is 13.2. The summed E-state index contributed by atoms with van der Waals surface area (Å²) in [4.78, 5) is 13.1. The van der Waals surface area contributed by atoms with Gasteiger partial charge in [-0.1, -0.05) is 53.4 Å². The van der Waals surface area contributed by atoms with Crippen LogP contribution in [0.1, 0.15) is 44.1 Å². The van der Waals surface area contributed by atoms with E-state index in [2.05, 4.69) is 27.6 Å². The Morgan fingerprint density at radius 2 is 1.74 bits per heavy atom. The Morgan fingerprint density at radius 3 is 2.41 bits per heavy atom. The van der Waals surface area contributed by atoms with Crippen LogP contribution in [0, 0.1) is 23.2 Å². The van der Waals surface area contributed by atoms with Crippen molar-refractivity contribution in [3.8, 4) is 0 Å². The standard InChI is InChI=1S/C21H25N3OS2/c25-18(21-9-15-6-16(10-21)8-17(7-15)11-21)13-26-20-24-23-19(27-20)22-12-14-4-2-1-3-5-14/h1-5,15-17H,6-13H2,(H,22,23). The minimum atomic E-state index is 0.000821. The number of thioether (sulfide) groups is 1. The number of nitrogens with zero attached hydrogens (tertiary/aromatic N) is 2. The van der Waals surface area contributed by atoms with E-state index in [0.717, 1.165) is 53.0 Å². The molecule has 1 N–H and O–H groups in total. The molecule has 0 spiro atoms. The van der Waals surface area contributed by atoms with Crippen LogP contribution in [0.15, 0.2) is 34.7 Å².